The molecule has 0 unspecified atom stereocenters. The molecule has 0 spiro atoms. The zero-order valence-electron chi connectivity index (χ0n) is 22.8. The van der Waals surface area contributed by atoms with Crippen molar-refractivity contribution in [3.05, 3.63) is 88.8 Å². The molecular formula is C31H32N4O4. The number of aryl methyl sites for hydroxylation is 1. The minimum Gasteiger partial charge on any atom is -0.497 e. The van der Waals surface area contributed by atoms with Crippen LogP contribution in [0, 0.1) is 6.92 Å². The van der Waals surface area contributed by atoms with Crippen LogP contribution in [0.2, 0.25) is 0 Å². The second kappa shape index (κ2) is 10.7. The molecule has 5 rings (SSSR count). The number of amides is 2. The summed E-state index contributed by atoms with van der Waals surface area (Å²) in [5.41, 5.74) is 5.75. The quantitative estimate of drug-likeness (QED) is 0.277. The Bertz CT molecular complexity index is 1600. The van der Waals surface area contributed by atoms with E-state index >= 15 is 0 Å². The third-order valence-electron chi connectivity index (χ3n) is 6.81. The summed E-state index contributed by atoms with van der Waals surface area (Å²) in [7, 11) is 5.65. The molecule has 8 heteroatoms. The van der Waals surface area contributed by atoms with Crippen LogP contribution in [-0.2, 0) is 13.1 Å². The maximum Gasteiger partial charge on any atom is 0.323 e. The number of aromatic nitrogens is 1. The van der Waals surface area contributed by atoms with E-state index in [0.717, 1.165) is 46.6 Å². The minimum atomic E-state index is -0.394. The van der Waals surface area contributed by atoms with Crippen molar-refractivity contribution in [3.63, 3.8) is 0 Å². The number of ether oxygens (including phenoxy) is 2. The van der Waals surface area contributed by atoms with Gasteiger partial charge in [-0.2, -0.15) is 0 Å². The molecule has 39 heavy (non-hydrogen) atoms. The average molecular weight is 525 g/mol. The highest BCUT2D eigenvalue weighted by Crippen LogP contribution is 2.36. The van der Waals surface area contributed by atoms with Gasteiger partial charge in [0.05, 0.1) is 12.7 Å². The predicted molar refractivity (Wildman–Crippen MR) is 155 cm³/mol. The fraction of sp³-hybridized carbons (Fsp3) is 0.226. The van der Waals surface area contributed by atoms with E-state index in [9.17, 15) is 9.59 Å². The summed E-state index contributed by atoms with van der Waals surface area (Å²) in [5, 5.41) is 6.62. The maximum atomic E-state index is 13.3. The van der Waals surface area contributed by atoms with Gasteiger partial charge in [-0.15, -0.1) is 0 Å². The van der Waals surface area contributed by atoms with E-state index in [2.05, 4.69) is 27.0 Å². The molecule has 1 aliphatic rings. The molecule has 0 saturated carbocycles. The zero-order chi connectivity index (χ0) is 27.7. The van der Waals surface area contributed by atoms with Crippen LogP contribution in [0.4, 0.5) is 16.2 Å². The molecule has 2 heterocycles. The Kier molecular flexibility index (Phi) is 7.13. The molecule has 0 fully saturated rings. The third kappa shape index (κ3) is 5.24. The van der Waals surface area contributed by atoms with Crippen LogP contribution in [-0.4, -0.2) is 42.5 Å². The molecule has 200 valence electrons. The third-order valence-corrected chi connectivity index (χ3v) is 6.81. The minimum absolute atomic E-state index is 0.231. The molecule has 2 amide bonds. The van der Waals surface area contributed by atoms with E-state index in [-0.39, 0.29) is 11.5 Å². The van der Waals surface area contributed by atoms with Gasteiger partial charge in [0.2, 0.25) is 5.78 Å². The number of carbonyl (C=O) groups is 2. The van der Waals surface area contributed by atoms with Gasteiger partial charge >= 0.3 is 6.03 Å². The Balaban J connectivity index is 1.35. The van der Waals surface area contributed by atoms with Crippen LogP contribution < -0.4 is 20.1 Å². The summed E-state index contributed by atoms with van der Waals surface area (Å²) in [6.07, 6.45) is 1.80. The number of carbonyl (C=O) groups excluding carboxylic acids is 2. The highest BCUT2D eigenvalue weighted by molar-refractivity contribution is 6.16. The first-order chi connectivity index (χ1) is 18.8. The van der Waals surface area contributed by atoms with E-state index in [1.807, 2.05) is 63.5 Å². The fourth-order valence-electron chi connectivity index (χ4n) is 4.95. The molecule has 4 aromatic rings. The van der Waals surface area contributed by atoms with Gasteiger partial charge < -0.3 is 29.6 Å². The topological polar surface area (TPSA) is 84.8 Å². The molecular weight excluding hydrogens is 492 g/mol. The van der Waals surface area contributed by atoms with Crippen LogP contribution in [0.3, 0.4) is 0 Å². The lowest BCUT2D eigenvalue weighted by Gasteiger charge is -2.11. The molecule has 1 aliphatic heterocycles. The van der Waals surface area contributed by atoms with Gasteiger partial charge in [0.15, 0.2) is 5.76 Å². The number of fused-ring (bicyclic) bond motifs is 2. The normalized spacial score (nSPS) is 13.6. The van der Waals surface area contributed by atoms with Crippen molar-refractivity contribution >= 4 is 40.2 Å². The molecule has 8 nitrogen and oxygen atoms in total. The molecule has 0 bridgehead atoms. The number of hydrogen-bond acceptors (Lipinski definition) is 5. The van der Waals surface area contributed by atoms with Crippen LogP contribution in [0.5, 0.6) is 11.5 Å². The lowest BCUT2D eigenvalue weighted by molar-refractivity contribution is 0.101. The number of ketones is 1. The Labute approximate surface area is 227 Å². The standard InChI is InChI=1S/C31H32N4O4/c1-6-35-19(2)24(25-16-23(38-5)12-13-27(25)35)17-29-30(36)26-15-22(11-14-28(26)39-29)33-31(37)32-21-9-7-20(8-10-21)18-34(3)4/h7-17H,6,18H2,1-5H3,(H2,32,33,37)/b29-17-. The van der Waals surface area contributed by atoms with E-state index in [4.69, 9.17) is 9.47 Å². The number of nitrogens with zero attached hydrogens (tertiary/aromatic N) is 2. The summed E-state index contributed by atoms with van der Waals surface area (Å²) >= 11 is 0. The van der Waals surface area contributed by atoms with Gasteiger partial charge in [0.1, 0.15) is 11.5 Å². The highest BCUT2D eigenvalue weighted by Gasteiger charge is 2.29. The van der Waals surface area contributed by atoms with Gasteiger partial charge in [0.25, 0.3) is 0 Å². The number of benzene rings is 3. The molecule has 1 aromatic heterocycles. The summed E-state index contributed by atoms with van der Waals surface area (Å²) in [5.74, 6) is 1.22. The molecule has 2 N–H and O–H groups in total. The monoisotopic (exact) mass is 524 g/mol. The zero-order valence-corrected chi connectivity index (χ0v) is 22.8. The van der Waals surface area contributed by atoms with Crippen molar-refractivity contribution < 1.29 is 19.1 Å². The lowest BCUT2D eigenvalue weighted by Crippen LogP contribution is -2.19. The summed E-state index contributed by atoms with van der Waals surface area (Å²) < 4.78 is 13.6. The second-order valence-corrected chi connectivity index (χ2v) is 9.79. The van der Waals surface area contributed by atoms with E-state index in [1.54, 1.807) is 31.4 Å². The first-order valence-electron chi connectivity index (χ1n) is 12.8. The first kappa shape index (κ1) is 26.1. The predicted octanol–water partition coefficient (Wildman–Crippen LogP) is 6.30. The number of rotatable bonds is 7. The van der Waals surface area contributed by atoms with Gasteiger partial charge in [-0.3, -0.25) is 4.79 Å². The van der Waals surface area contributed by atoms with Gasteiger partial charge in [0, 0.05) is 46.6 Å². The number of anilines is 2. The van der Waals surface area contributed by atoms with Crippen LogP contribution in [0.15, 0.2) is 66.4 Å². The smallest absolute Gasteiger partial charge is 0.323 e. The SMILES string of the molecule is CCn1c(C)c(/C=C2\Oc3ccc(NC(=O)Nc4ccc(CN(C)C)cc4)cc3C2=O)c2cc(OC)ccc21. The van der Waals surface area contributed by atoms with Gasteiger partial charge in [-0.25, -0.2) is 4.79 Å². The summed E-state index contributed by atoms with van der Waals surface area (Å²) in [6.45, 7) is 5.74. The van der Waals surface area contributed by atoms with Crippen LogP contribution in [0.1, 0.15) is 34.1 Å². The summed E-state index contributed by atoms with van der Waals surface area (Å²) in [6, 6.07) is 18.3. The van der Waals surface area contributed by atoms with Crippen LogP contribution >= 0.6 is 0 Å². The number of nitrogens with one attached hydrogen (secondary N) is 2. The van der Waals surface area contributed by atoms with Crippen molar-refractivity contribution in [1.82, 2.24) is 9.47 Å². The van der Waals surface area contributed by atoms with Crippen molar-refractivity contribution in [2.75, 3.05) is 31.8 Å². The van der Waals surface area contributed by atoms with Gasteiger partial charge in [-0.1, -0.05) is 12.1 Å². The van der Waals surface area contributed by atoms with Crippen molar-refractivity contribution in [2.24, 2.45) is 0 Å². The first-order valence-corrected chi connectivity index (χ1v) is 12.8. The molecule has 0 atom stereocenters. The van der Waals surface area contributed by atoms with Crippen molar-refractivity contribution in [3.8, 4) is 11.5 Å². The second-order valence-electron chi connectivity index (χ2n) is 9.79. The van der Waals surface area contributed by atoms with Crippen molar-refractivity contribution in [2.45, 2.75) is 26.9 Å². The Morgan fingerprint density at radius 3 is 2.44 bits per heavy atom. The number of methoxy groups -OCH3 is 1. The largest absolute Gasteiger partial charge is 0.497 e. The molecule has 0 radical (unpaired) electrons. The fourth-order valence-corrected chi connectivity index (χ4v) is 4.95. The van der Waals surface area contributed by atoms with E-state index < -0.39 is 6.03 Å². The average Bonchev–Trinajstić information content (AvgIpc) is 3.37. The highest BCUT2D eigenvalue weighted by atomic mass is 16.5. The number of hydrogen-bond donors (Lipinski definition) is 2. The number of urea groups is 1. The Morgan fingerprint density at radius 2 is 1.74 bits per heavy atom. The molecule has 0 saturated heterocycles. The van der Waals surface area contributed by atoms with Crippen LogP contribution in [0.25, 0.3) is 17.0 Å². The molecule has 0 aliphatic carbocycles. The Morgan fingerprint density at radius 1 is 1.03 bits per heavy atom. The number of Topliss-reactive ketones (excluding diaryl/α,β-unsaturated/α-hetero) is 1. The van der Waals surface area contributed by atoms with Crippen molar-refractivity contribution in [1.29, 1.82) is 0 Å². The Hall–Kier alpha value is -4.56. The van der Waals surface area contributed by atoms with E-state index in [1.165, 1.54) is 0 Å². The number of allylic oxidation sites excluding steroid dienone is 1. The van der Waals surface area contributed by atoms with E-state index in [0.29, 0.717) is 22.7 Å². The summed E-state index contributed by atoms with van der Waals surface area (Å²) in [4.78, 5) is 28.0. The van der Waals surface area contributed by atoms with Gasteiger partial charge in [-0.05, 0) is 88.1 Å². The lowest BCUT2D eigenvalue weighted by atomic mass is 10.1. The molecule has 3 aromatic carbocycles. The maximum absolute atomic E-state index is 13.3.